The summed E-state index contributed by atoms with van der Waals surface area (Å²) in [6, 6.07) is 3.58. The van der Waals surface area contributed by atoms with Gasteiger partial charge in [-0.25, -0.2) is 0 Å². The fraction of sp³-hybridized carbons (Fsp3) is 0.417. The minimum atomic E-state index is 0.378. The van der Waals surface area contributed by atoms with Crippen LogP contribution >= 0.6 is 34.8 Å². The number of hydrogen-bond donors (Lipinski definition) is 2. The van der Waals surface area contributed by atoms with Crippen LogP contribution < -0.4 is 15.4 Å². The molecule has 1 atom stereocenters. The smallest absolute Gasteiger partial charge is 0.191 e. The molecule has 2 N–H and O–H groups in total. The molecule has 4 nitrogen and oxygen atoms in total. The first-order valence-corrected chi connectivity index (χ1v) is 7.02. The van der Waals surface area contributed by atoms with Crippen LogP contribution in [-0.4, -0.2) is 31.7 Å². The molecule has 104 valence electrons. The minimum Gasteiger partial charge on any atom is -0.489 e. The molecule has 0 spiro atoms. The quantitative estimate of drug-likeness (QED) is 0.838. The van der Waals surface area contributed by atoms with Crippen molar-refractivity contribution < 1.29 is 4.74 Å². The van der Waals surface area contributed by atoms with Crippen LogP contribution in [0.2, 0.25) is 15.1 Å². The van der Waals surface area contributed by atoms with Crippen LogP contribution in [-0.2, 0) is 0 Å². The standard InChI is InChI=1S/C12H14Cl3N3O/c1-7-6-17-12(18-7)16-2-3-19-11-9(14)4-8(13)5-10(11)15/h4-5,7H,2-3,6H2,1H3,(H2,16,17,18). The average molecular weight is 323 g/mol. The fourth-order valence-corrected chi connectivity index (χ4v) is 2.58. The van der Waals surface area contributed by atoms with Crippen molar-refractivity contribution in [2.45, 2.75) is 13.0 Å². The lowest BCUT2D eigenvalue weighted by molar-refractivity contribution is 0.322. The molecule has 0 aliphatic carbocycles. The number of aliphatic imine (C=N–C) groups is 1. The van der Waals surface area contributed by atoms with E-state index in [4.69, 9.17) is 39.5 Å². The minimum absolute atomic E-state index is 0.378. The second-order valence-electron chi connectivity index (χ2n) is 4.21. The number of nitrogens with one attached hydrogen (secondary N) is 2. The van der Waals surface area contributed by atoms with Crippen molar-refractivity contribution in [2.24, 2.45) is 4.99 Å². The number of ether oxygens (including phenoxy) is 1. The van der Waals surface area contributed by atoms with E-state index in [9.17, 15) is 0 Å². The Morgan fingerprint density at radius 3 is 2.63 bits per heavy atom. The zero-order valence-electron chi connectivity index (χ0n) is 10.3. The highest BCUT2D eigenvalue weighted by Crippen LogP contribution is 2.35. The van der Waals surface area contributed by atoms with E-state index >= 15 is 0 Å². The van der Waals surface area contributed by atoms with Crippen LogP contribution in [0.5, 0.6) is 5.75 Å². The summed E-state index contributed by atoms with van der Waals surface area (Å²) < 4.78 is 5.54. The van der Waals surface area contributed by atoms with Gasteiger partial charge in [0.25, 0.3) is 0 Å². The van der Waals surface area contributed by atoms with Crippen molar-refractivity contribution in [1.82, 2.24) is 10.6 Å². The van der Waals surface area contributed by atoms with Crippen molar-refractivity contribution in [2.75, 3.05) is 19.7 Å². The Morgan fingerprint density at radius 1 is 1.37 bits per heavy atom. The molecule has 1 heterocycles. The third-order valence-electron chi connectivity index (χ3n) is 2.51. The van der Waals surface area contributed by atoms with Crippen molar-refractivity contribution >= 4 is 40.8 Å². The maximum Gasteiger partial charge on any atom is 0.191 e. The maximum absolute atomic E-state index is 6.01. The van der Waals surface area contributed by atoms with Crippen LogP contribution in [0.1, 0.15) is 6.92 Å². The third-order valence-corrected chi connectivity index (χ3v) is 3.29. The highest BCUT2D eigenvalue weighted by Gasteiger charge is 2.12. The molecule has 0 fully saturated rings. The Balaban J connectivity index is 1.80. The molecular weight excluding hydrogens is 309 g/mol. The molecule has 2 rings (SSSR count). The molecule has 1 aromatic carbocycles. The second kappa shape index (κ2) is 6.55. The molecule has 0 saturated carbocycles. The van der Waals surface area contributed by atoms with Gasteiger partial charge in [-0.05, 0) is 19.1 Å². The summed E-state index contributed by atoms with van der Waals surface area (Å²) in [5.74, 6) is 1.24. The zero-order chi connectivity index (χ0) is 13.8. The molecule has 19 heavy (non-hydrogen) atoms. The lowest BCUT2D eigenvalue weighted by Crippen LogP contribution is -2.39. The summed E-state index contributed by atoms with van der Waals surface area (Å²) in [4.78, 5) is 4.28. The number of rotatable bonds is 4. The van der Waals surface area contributed by atoms with Gasteiger partial charge in [0.1, 0.15) is 6.61 Å². The topological polar surface area (TPSA) is 45.7 Å². The van der Waals surface area contributed by atoms with E-state index in [2.05, 4.69) is 22.5 Å². The summed E-state index contributed by atoms with van der Waals surface area (Å²) in [5, 5.41) is 7.63. The highest BCUT2D eigenvalue weighted by molar-refractivity contribution is 6.40. The van der Waals surface area contributed by atoms with Gasteiger partial charge in [0, 0.05) is 11.1 Å². The van der Waals surface area contributed by atoms with E-state index in [0.717, 1.165) is 12.5 Å². The number of nitrogens with zero attached hydrogens (tertiary/aromatic N) is 1. The van der Waals surface area contributed by atoms with Gasteiger partial charge < -0.3 is 15.4 Å². The first kappa shape index (κ1) is 14.6. The molecule has 0 aromatic heterocycles. The van der Waals surface area contributed by atoms with Crippen LogP contribution in [0.4, 0.5) is 0 Å². The monoisotopic (exact) mass is 321 g/mol. The summed E-state index contributed by atoms with van der Waals surface area (Å²) >= 11 is 17.8. The molecule has 0 radical (unpaired) electrons. The first-order chi connectivity index (χ1) is 9.06. The summed E-state index contributed by atoms with van der Waals surface area (Å²) in [6.07, 6.45) is 0. The lowest BCUT2D eigenvalue weighted by Gasteiger charge is -2.12. The molecular formula is C12H14Cl3N3O. The molecule has 0 saturated heterocycles. The molecule has 0 bridgehead atoms. The van der Waals surface area contributed by atoms with Crippen molar-refractivity contribution in [3.8, 4) is 5.75 Å². The van der Waals surface area contributed by atoms with Gasteiger partial charge in [-0.15, -0.1) is 0 Å². The Kier molecular flexibility index (Phi) is 5.02. The zero-order valence-corrected chi connectivity index (χ0v) is 12.6. The summed E-state index contributed by atoms with van der Waals surface area (Å²) in [5.41, 5.74) is 0. The predicted molar refractivity (Wildman–Crippen MR) is 79.9 cm³/mol. The highest BCUT2D eigenvalue weighted by atomic mass is 35.5. The van der Waals surface area contributed by atoms with E-state index in [1.807, 2.05) is 0 Å². The number of hydrogen-bond acceptors (Lipinski definition) is 4. The lowest BCUT2D eigenvalue weighted by atomic mass is 10.3. The van der Waals surface area contributed by atoms with Gasteiger partial charge in [0.05, 0.1) is 23.1 Å². The first-order valence-electron chi connectivity index (χ1n) is 5.88. The van der Waals surface area contributed by atoms with Crippen LogP contribution in [0.3, 0.4) is 0 Å². The molecule has 1 unspecified atom stereocenters. The van der Waals surface area contributed by atoms with Crippen molar-refractivity contribution in [1.29, 1.82) is 0 Å². The maximum atomic E-state index is 6.01. The SMILES string of the molecule is CC1CN=C(NCCOc2c(Cl)cc(Cl)cc2Cl)N1. The summed E-state index contributed by atoms with van der Waals surface area (Å²) in [6.45, 7) is 3.89. The normalized spacial score (nSPS) is 17.9. The number of halogens is 3. The van der Waals surface area contributed by atoms with Gasteiger partial charge in [0.15, 0.2) is 11.7 Å². The molecule has 1 aromatic rings. The van der Waals surface area contributed by atoms with E-state index in [1.54, 1.807) is 12.1 Å². The molecule has 1 aliphatic rings. The van der Waals surface area contributed by atoms with Gasteiger partial charge >= 0.3 is 0 Å². The van der Waals surface area contributed by atoms with Crippen LogP contribution in [0, 0.1) is 0 Å². The van der Waals surface area contributed by atoms with Crippen LogP contribution in [0.15, 0.2) is 17.1 Å². The van der Waals surface area contributed by atoms with Crippen LogP contribution in [0.25, 0.3) is 0 Å². The molecule has 0 amide bonds. The fourth-order valence-electron chi connectivity index (χ4n) is 1.65. The van der Waals surface area contributed by atoms with E-state index in [1.165, 1.54) is 0 Å². The number of guanidine groups is 1. The second-order valence-corrected chi connectivity index (χ2v) is 5.46. The summed E-state index contributed by atoms with van der Waals surface area (Å²) in [7, 11) is 0. The van der Waals surface area contributed by atoms with Gasteiger partial charge in [0.2, 0.25) is 0 Å². The van der Waals surface area contributed by atoms with E-state index in [-0.39, 0.29) is 0 Å². The van der Waals surface area contributed by atoms with E-state index in [0.29, 0.717) is 40.0 Å². The Labute approximate surface area is 127 Å². The van der Waals surface area contributed by atoms with Crippen molar-refractivity contribution in [3.63, 3.8) is 0 Å². The molecule has 7 heteroatoms. The Morgan fingerprint density at radius 2 is 2.05 bits per heavy atom. The van der Waals surface area contributed by atoms with Gasteiger partial charge in [-0.2, -0.15) is 0 Å². The average Bonchev–Trinajstić information content (AvgIpc) is 2.73. The number of benzene rings is 1. The third kappa shape index (κ3) is 4.06. The largest absolute Gasteiger partial charge is 0.489 e. The predicted octanol–water partition coefficient (Wildman–Crippen LogP) is 2.96. The molecule has 1 aliphatic heterocycles. The van der Waals surface area contributed by atoms with Crippen molar-refractivity contribution in [3.05, 3.63) is 27.2 Å². The Bertz CT molecular complexity index is 470. The van der Waals surface area contributed by atoms with E-state index < -0.39 is 0 Å². The Hall–Kier alpha value is -0.840. The van der Waals surface area contributed by atoms with Gasteiger partial charge in [-0.3, -0.25) is 4.99 Å². The van der Waals surface area contributed by atoms with Gasteiger partial charge in [-0.1, -0.05) is 34.8 Å².